The van der Waals surface area contributed by atoms with Gasteiger partial charge in [-0.3, -0.25) is 0 Å². The molecule has 0 fully saturated rings. The van der Waals surface area contributed by atoms with Crippen molar-refractivity contribution >= 4 is 22.8 Å². The van der Waals surface area contributed by atoms with Gasteiger partial charge in [-0.05, 0) is 35.9 Å². The molecule has 0 bridgehead atoms. The molecule has 0 unspecified atom stereocenters. The molecule has 0 aliphatic rings. The Morgan fingerprint density at radius 1 is 1.16 bits per heavy atom. The predicted octanol–water partition coefficient (Wildman–Crippen LogP) is 3.16. The number of hydrogen-bond acceptors (Lipinski definition) is 4. The van der Waals surface area contributed by atoms with Crippen molar-refractivity contribution in [2.45, 2.75) is 6.54 Å². The van der Waals surface area contributed by atoms with Crippen LogP contribution in [0.5, 0.6) is 0 Å². The van der Waals surface area contributed by atoms with Crippen molar-refractivity contribution in [2.24, 2.45) is 0 Å². The molecule has 0 aliphatic carbocycles. The lowest BCUT2D eigenvalue weighted by atomic mass is 10.2. The summed E-state index contributed by atoms with van der Waals surface area (Å²) in [5.74, 6) is -0.249. The van der Waals surface area contributed by atoms with Crippen molar-refractivity contribution in [1.82, 2.24) is 4.98 Å². The molecule has 19 heavy (non-hydrogen) atoms. The number of fused-ring (bicyclic) bond motifs is 1. The summed E-state index contributed by atoms with van der Waals surface area (Å²) in [5.41, 5.74) is 8.65. The van der Waals surface area contributed by atoms with Gasteiger partial charge in [0.05, 0.1) is 0 Å². The molecule has 0 spiro atoms. The molecule has 0 saturated carbocycles. The first kappa shape index (κ1) is 11.5. The highest BCUT2D eigenvalue weighted by molar-refractivity contribution is 5.78. The molecule has 0 amide bonds. The monoisotopic (exact) mass is 257 g/mol. The van der Waals surface area contributed by atoms with E-state index in [1.807, 2.05) is 0 Å². The topological polar surface area (TPSA) is 64.1 Å². The van der Waals surface area contributed by atoms with Crippen LogP contribution in [0.1, 0.15) is 5.56 Å². The van der Waals surface area contributed by atoms with Gasteiger partial charge in [-0.15, -0.1) is 0 Å². The van der Waals surface area contributed by atoms with Gasteiger partial charge < -0.3 is 15.5 Å². The number of benzene rings is 2. The molecular weight excluding hydrogens is 245 g/mol. The van der Waals surface area contributed by atoms with Crippen molar-refractivity contribution in [2.75, 3.05) is 11.1 Å². The number of halogens is 1. The number of aromatic nitrogens is 1. The predicted molar refractivity (Wildman–Crippen MR) is 72.1 cm³/mol. The number of anilines is 2. The number of oxazole rings is 1. The lowest BCUT2D eigenvalue weighted by Gasteiger charge is -2.01. The van der Waals surface area contributed by atoms with Crippen LogP contribution in [0.25, 0.3) is 11.1 Å². The molecule has 2 aromatic carbocycles. The number of nitrogens with zero attached hydrogens (tertiary/aromatic N) is 1. The molecule has 5 heteroatoms. The zero-order chi connectivity index (χ0) is 13.2. The maximum absolute atomic E-state index is 12.8. The van der Waals surface area contributed by atoms with Crippen LogP contribution in [-0.2, 0) is 6.54 Å². The highest BCUT2D eigenvalue weighted by atomic mass is 19.1. The van der Waals surface area contributed by atoms with Crippen LogP contribution in [0.4, 0.5) is 16.1 Å². The quantitative estimate of drug-likeness (QED) is 0.707. The minimum atomic E-state index is -0.249. The third kappa shape index (κ3) is 2.49. The molecule has 0 atom stereocenters. The fourth-order valence-corrected chi connectivity index (χ4v) is 1.80. The van der Waals surface area contributed by atoms with E-state index in [1.165, 1.54) is 12.1 Å². The molecule has 1 aromatic heterocycles. The Morgan fingerprint density at radius 3 is 2.74 bits per heavy atom. The Bertz CT molecular complexity index is 706. The number of nitrogens with two attached hydrogens (primary N) is 1. The lowest BCUT2D eigenvalue weighted by Crippen LogP contribution is -1.99. The van der Waals surface area contributed by atoms with E-state index in [9.17, 15) is 4.39 Å². The number of nitrogens with one attached hydrogen (secondary N) is 1. The second-order valence-electron chi connectivity index (χ2n) is 4.23. The zero-order valence-corrected chi connectivity index (χ0v) is 10.1. The minimum Gasteiger partial charge on any atom is -0.424 e. The van der Waals surface area contributed by atoms with Crippen molar-refractivity contribution in [3.05, 3.63) is 53.8 Å². The Morgan fingerprint density at radius 2 is 1.95 bits per heavy atom. The van der Waals surface area contributed by atoms with E-state index in [2.05, 4.69) is 10.3 Å². The Kier molecular flexibility index (Phi) is 2.79. The first-order valence-corrected chi connectivity index (χ1v) is 5.85. The van der Waals surface area contributed by atoms with Gasteiger partial charge in [0, 0.05) is 12.2 Å². The van der Waals surface area contributed by atoms with Gasteiger partial charge in [0.15, 0.2) is 5.58 Å². The van der Waals surface area contributed by atoms with E-state index >= 15 is 0 Å². The van der Waals surface area contributed by atoms with Crippen LogP contribution < -0.4 is 11.1 Å². The molecule has 3 rings (SSSR count). The Balaban J connectivity index is 1.76. The molecule has 1 heterocycles. The van der Waals surface area contributed by atoms with E-state index in [4.69, 9.17) is 10.2 Å². The van der Waals surface area contributed by atoms with Gasteiger partial charge in [0.25, 0.3) is 6.01 Å². The standard InChI is InChI=1S/C14H12FN3O/c15-10-3-1-9(2-4-10)8-17-14-18-12-7-11(16)5-6-13(12)19-14/h1-7H,8,16H2,(H,17,18). The first-order chi connectivity index (χ1) is 9.20. The van der Waals surface area contributed by atoms with Crippen molar-refractivity contribution in [1.29, 1.82) is 0 Å². The fraction of sp³-hybridized carbons (Fsp3) is 0.0714. The third-order valence-electron chi connectivity index (χ3n) is 2.77. The van der Waals surface area contributed by atoms with Gasteiger partial charge in [-0.25, -0.2) is 4.39 Å². The summed E-state index contributed by atoms with van der Waals surface area (Å²) < 4.78 is 18.3. The number of hydrogen-bond donors (Lipinski definition) is 2. The van der Waals surface area contributed by atoms with Crippen LogP contribution in [0.3, 0.4) is 0 Å². The van der Waals surface area contributed by atoms with E-state index in [0.717, 1.165) is 5.56 Å². The summed E-state index contributed by atoms with van der Waals surface area (Å²) in [4.78, 5) is 4.27. The number of rotatable bonds is 3. The Hall–Kier alpha value is -2.56. The maximum atomic E-state index is 12.8. The normalized spacial score (nSPS) is 10.8. The van der Waals surface area contributed by atoms with Crippen LogP contribution >= 0.6 is 0 Å². The lowest BCUT2D eigenvalue weighted by molar-refractivity contribution is 0.614. The molecule has 0 aliphatic heterocycles. The highest BCUT2D eigenvalue weighted by Crippen LogP contribution is 2.21. The molecule has 3 N–H and O–H groups in total. The second-order valence-corrected chi connectivity index (χ2v) is 4.23. The van der Waals surface area contributed by atoms with Crippen LogP contribution in [-0.4, -0.2) is 4.98 Å². The summed E-state index contributed by atoms with van der Waals surface area (Å²) in [6.07, 6.45) is 0. The van der Waals surface area contributed by atoms with E-state index < -0.39 is 0 Å². The average molecular weight is 257 g/mol. The highest BCUT2D eigenvalue weighted by Gasteiger charge is 2.05. The minimum absolute atomic E-state index is 0.249. The van der Waals surface area contributed by atoms with Crippen LogP contribution in [0.2, 0.25) is 0 Å². The maximum Gasteiger partial charge on any atom is 0.295 e. The SMILES string of the molecule is Nc1ccc2oc(NCc3ccc(F)cc3)nc2c1. The van der Waals surface area contributed by atoms with Crippen LogP contribution in [0.15, 0.2) is 46.9 Å². The second kappa shape index (κ2) is 4.61. The summed E-state index contributed by atoms with van der Waals surface area (Å²) in [5, 5.41) is 3.05. The largest absolute Gasteiger partial charge is 0.424 e. The van der Waals surface area contributed by atoms with Gasteiger partial charge in [-0.2, -0.15) is 4.98 Å². The van der Waals surface area contributed by atoms with Crippen LogP contribution in [0, 0.1) is 5.82 Å². The molecule has 0 saturated heterocycles. The fourth-order valence-electron chi connectivity index (χ4n) is 1.80. The average Bonchev–Trinajstić information content (AvgIpc) is 2.80. The van der Waals surface area contributed by atoms with E-state index in [1.54, 1.807) is 30.3 Å². The van der Waals surface area contributed by atoms with Gasteiger partial charge in [0.2, 0.25) is 0 Å². The summed E-state index contributed by atoms with van der Waals surface area (Å²) in [6, 6.07) is 12.0. The third-order valence-corrected chi connectivity index (χ3v) is 2.77. The first-order valence-electron chi connectivity index (χ1n) is 5.85. The van der Waals surface area contributed by atoms with Gasteiger partial charge in [0.1, 0.15) is 11.3 Å². The molecule has 96 valence electrons. The van der Waals surface area contributed by atoms with Crippen molar-refractivity contribution in [3.8, 4) is 0 Å². The molecular formula is C14H12FN3O. The zero-order valence-electron chi connectivity index (χ0n) is 10.1. The van der Waals surface area contributed by atoms with E-state index in [-0.39, 0.29) is 5.82 Å². The number of nitrogen functional groups attached to an aromatic ring is 1. The molecule has 4 nitrogen and oxygen atoms in total. The van der Waals surface area contributed by atoms with E-state index in [0.29, 0.717) is 29.3 Å². The molecule has 3 aromatic rings. The summed E-state index contributed by atoms with van der Waals surface area (Å²) in [7, 11) is 0. The van der Waals surface area contributed by atoms with Gasteiger partial charge >= 0.3 is 0 Å². The van der Waals surface area contributed by atoms with Crippen molar-refractivity contribution in [3.63, 3.8) is 0 Å². The smallest absolute Gasteiger partial charge is 0.295 e. The van der Waals surface area contributed by atoms with Gasteiger partial charge in [-0.1, -0.05) is 12.1 Å². The van der Waals surface area contributed by atoms with Crippen molar-refractivity contribution < 1.29 is 8.81 Å². The molecule has 0 radical (unpaired) electrons. The summed E-state index contributed by atoms with van der Waals surface area (Å²) in [6.45, 7) is 0.516. The summed E-state index contributed by atoms with van der Waals surface area (Å²) >= 11 is 0. The Labute approximate surface area is 109 Å².